The fourth-order valence-electron chi connectivity index (χ4n) is 1.36. The van der Waals surface area contributed by atoms with Gasteiger partial charge in [0.25, 0.3) is 0 Å². The fraction of sp³-hybridized carbons (Fsp3) is 0.385. The molecule has 0 aliphatic heterocycles. The highest BCUT2D eigenvalue weighted by Gasteiger charge is 2.14. The van der Waals surface area contributed by atoms with Crippen LogP contribution >= 0.6 is 11.6 Å². The van der Waals surface area contributed by atoms with E-state index in [4.69, 9.17) is 16.3 Å². The number of benzene rings is 1. The first-order chi connectivity index (χ1) is 7.63. The molecule has 1 aromatic carbocycles. The summed E-state index contributed by atoms with van der Waals surface area (Å²) in [5, 5.41) is 10.4. The number of halogens is 1. The number of aliphatic hydroxyl groups is 1. The molecule has 1 N–H and O–H groups in total. The summed E-state index contributed by atoms with van der Waals surface area (Å²) in [5.74, 6) is 0.678. The van der Waals surface area contributed by atoms with Gasteiger partial charge in [-0.2, -0.15) is 0 Å². The molecule has 16 heavy (non-hydrogen) atoms. The van der Waals surface area contributed by atoms with Gasteiger partial charge >= 0.3 is 0 Å². The van der Waals surface area contributed by atoms with E-state index >= 15 is 0 Å². The molecule has 3 heteroatoms. The van der Waals surface area contributed by atoms with Gasteiger partial charge in [-0.05, 0) is 38.0 Å². The standard InChI is InChI=1S/C13H17ClO2/c1-3-4-8-13(15)10(2)16-12-7-5-6-11(14)9-12/h3,5-7,9-10,13,15H,1,4,8H2,2H3. The summed E-state index contributed by atoms with van der Waals surface area (Å²) in [7, 11) is 0. The van der Waals surface area contributed by atoms with Crippen LogP contribution in [0.3, 0.4) is 0 Å². The topological polar surface area (TPSA) is 29.5 Å². The third-order valence-corrected chi connectivity index (χ3v) is 2.56. The summed E-state index contributed by atoms with van der Waals surface area (Å²) in [6.07, 6.45) is 2.49. The van der Waals surface area contributed by atoms with Gasteiger partial charge in [0.05, 0.1) is 6.10 Å². The van der Waals surface area contributed by atoms with E-state index in [2.05, 4.69) is 6.58 Å². The number of ether oxygens (including phenoxy) is 1. The van der Waals surface area contributed by atoms with Crippen molar-refractivity contribution in [3.05, 3.63) is 41.9 Å². The molecule has 2 nitrogen and oxygen atoms in total. The molecule has 2 atom stereocenters. The minimum atomic E-state index is -0.489. The Kier molecular flexibility index (Phi) is 5.36. The van der Waals surface area contributed by atoms with E-state index < -0.39 is 6.10 Å². The molecule has 0 saturated heterocycles. The van der Waals surface area contributed by atoms with Gasteiger partial charge in [-0.1, -0.05) is 23.7 Å². The van der Waals surface area contributed by atoms with Gasteiger partial charge in [-0.25, -0.2) is 0 Å². The van der Waals surface area contributed by atoms with Gasteiger partial charge < -0.3 is 9.84 Å². The zero-order valence-electron chi connectivity index (χ0n) is 9.40. The molecule has 0 aliphatic rings. The third kappa shape index (κ3) is 4.25. The number of rotatable bonds is 6. The van der Waals surface area contributed by atoms with Gasteiger partial charge in [0.1, 0.15) is 11.9 Å². The van der Waals surface area contributed by atoms with E-state index in [1.807, 2.05) is 19.1 Å². The average Bonchev–Trinajstić information content (AvgIpc) is 2.25. The summed E-state index contributed by atoms with van der Waals surface area (Å²) < 4.78 is 5.59. The molecule has 0 radical (unpaired) electrons. The lowest BCUT2D eigenvalue weighted by Gasteiger charge is -2.20. The van der Waals surface area contributed by atoms with Crippen LogP contribution in [0.15, 0.2) is 36.9 Å². The van der Waals surface area contributed by atoms with Crippen molar-refractivity contribution in [1.82, 2.24) is 0 Å². The van der Waals surface area contributed by atoms with E-state index in [0.29, 0.717) is 17.2 Å². The van der Waals surface area contributed by atoms with Crippen LogP contribution in [0.4, 0.5) is 0 Å². The van der Waals surface area contributed by atoms with Gasteiger partial charge in [0.15, 0.2) is 0 Å². The van der Waals surface area contributed by atoms with Gasteiger partial charge in [0, 0.05) is 5.02 Å². The molecule has 0 aromatic heterocycles. The molecular weight excluding hydrogens is 224 g/mol. The number of aliphatic hydroxyl groups excluding tert-OH is 1. The van der Waals surface area contributed by atoms with Crippen LogP contribution in [0.2, 0.25) is 5.02 Å². The quantitative estimate of drug-likeness (QED) is 0.772. The predicted octanol–water partition coefficient (Wildman–Crippen LogP) is 3.43. The van der Waals surface area contributed by atoms with E-state index in [-0.39, 0.29) is 6.10 Å². The molecule has 2 unspecified atom stereocenters. The van der Waals surface area contributed by atoms with Crippen molar-refractivity contribution in [2.45, 2.75) is 32.0 Å². The highest BCUT2D eigenvalue weighted by molar-refractivity contribution is 6.30. The van der Waals surface area contributed by atoms with Gasteiger partial charge in [0.2, 0.25) is 0 Å². The van der Waals surface area contributed by atoms with Crippen LogP contribution in [-0.4, -0.2) is 17.3 Å². The first kappa shape index (κ1) is 13.1. The largest absolute Gasteiger partial charge is 0.488 e. The normalized spacial score (nSPS) is 14.2. The van der Waals surface area contributed by atoms with Crippen molar-refractivity contribution in [1.29, 1.82) is 0 Å². The lowest BCUT2D eigenvalue weighted by atomic mass is 10.1. The lowest BCUT2D eigenvalue weighted by molar-refractivity contribution is 0.0425. The SMILES string of the molecule is C=CCCC(O)C(C)Oc1cccc(Cl)c1. The van der Waals surface area contributed by atoms with Crippen LogP contribution < -0.4 is 4.74 Å². The molecule has 88 valence electrons. The fourth-order valence-corrected chi connectivity index (χ4v) is 1.54. The van der Waals surface area contributed by atoms with E-state index in [9.17, 15) is 5.11 Å². The number of hydrogen-bond acceptors (Lipinski definition) is 2. The molecule has 0 heterocycles. The monoisotopic (exact) mass is 240 g/mol. The third-order valence-electron chi connectivity index (χ3n) is 2.33. The number of hydrogen-bond donors (Lipinski definition) is 1. The van der Waals surface area contributed by atoms with Crippen LogP contribution in [0.5, 0.6) is 5.75 Å². The molecule has 0 amide bonds. The highest BCUT2D eigenvalue weighted by Crippen LogP contribution is 2.19. The summed E-state index contributed by atoms with van der Waals surface area (Å²) >= 11 is 5.84. The molecule has 0 aliphatic carbocycles. The molecule has 0 saturated carbocycles. The molecule has 1 aromatic rings. The molecule has 0 fully saturated rings. The Labute approximate surface area is 102 Å². The molecular formula is C13H17ClO2. The van der Waals surface area contributed by atoms with Crippen molar-refractivity contribution in [2.75, 3.05) is 0 Å². The minimum absolute atomic E-state index is 0.251. The average molecular weight is 241 g/mol. The van der Waals surface area contributed by atoms with Crippen molar-refractivity contribution in [2.24, 2.45) is 0 Å². The second-order valence-electron chi connectivity index (χ2n) is 3.71. The second kappa shape index (κ2) is 6.56. The van der Waals surface area contributed by atoms with Crippen LogP contribution in [0.25, 0.3) is 0 Å². The lowest BCUT2D eigenvalue weighted by Crippen LogP contribution is -2.28. The first-order valence-electron chi connectivity index (χ1n) is 5.34. The molecule has 0 spiro atoms. The minimum Gasteiger partial charge on any atom is -0.488 e. The Hall–Kier alpha value is -0.990. The second-order valence-corrected chi connectivity index (χ2v) is 4.15. The van der Waals surface area contributed by atoms with Crippen molar-refractivity contribution in [3.8, 4) is 5.75 Å². The Balaban J connectivity index is 2.50. The van der Waals surface area contributed by atoms with Crippen molar-refractivity contribution in [3.63, 3.8) is 0 Å². The summed E-state index contributed by atoms with van der Waals surface area (Å²) in [6.45, 7) is 5.46. The summed E-state index contributed by atoms with van der Waals surface area (Å²) in [5.41, 5.74) is 0. The highest BCUT2D eigenvalue weighted by atomic mass is 35.5. The van der Waals surface area contributed by atoms with Gasteiger partial charge in [-0.15, -0.1) is 6.58 Å². The van der Waals surface area contributed by atoms with Crippen LogP contribution in [0, 0.1) is 0 Å². The smallest absolute Gasteiger partial charge is 0.122 e. The van der Waals surface area contributed by atoms with Crippen molar-refractivity contribution < 1.29 is 9.84 Å². The zero-order chi connectivity index (χ0) is 12.0. The Morgan fingerprint density at radius 2 is 2.31 bits per heavy atom. The maximum Gasteiger partial charge on any atom is 0.122 e. The van der Waals surface area contributed by atoms with E-state index in [0.717, 1.165) is 6.42 Å². The molecule has 1 rings (SSSR count). The Bertz CT molecular complexity index is 338. The zero-order valence-corrected chi connectivity index (χ0v) is 10.2. The van der Waals surface area contributed by atoms with Gasteiger partial charge in [-0.3, -0.25) is 0 Å². The predicted molar refractivity (Wildman–Crippen MR) is 67.0 cm³/mol. The Morgan fingerprint density at radius 3 is 2.94 bits per heavy atom. The van der Waals surface area contributed by atoms with E-state index in [1.165, 1.54) is 0 Å². The van der Waals surface area contributed by atoms with Crippen molar-refractivity contribution >= 4 is 11.6 Å². The summed E-state index contributed by atoms with van der Waals surface area (Å²) in [4.78, 5) is 0. The first-order valence-corrected chi connectivity index (χ1v) is 5.72. The van der Waals surface area contributed by atoms with Crippen LogP contribution in [0.1, 0.15) is 19.8 Å². The summed E-state index contributed by atoms with van der Waals surface area (Å²) in [6, 6.07) is 7.16. The molecule has 0 bridgehead atoms. The van der Waals surface area contributed by atoms with Crippen LogP contribution in [-0.2, 0) is 0 Å². The Morgan fingerprint density at radius 1 is 1.56 bits per heavy atom. The maximum absolute atomic E-state index is 9.77. The maximum atomic E-state index is 9.77. The number of allylic oxidation sites excluding steroid dienone is 1. The van der Waals surface area contributed by atoms with E-state index in [1.54, 1.807) is 18.2 Å².